The number of benzene rings is 2. The van der Waals surface area contributed by atoms with Gasteiger partial charge in [-0.3, -0.25) is 0 Å². The van der Waals surface area contributed by atoms with Crippen molar-refractivity contribution in [3.8, 4) is 23.0 Å². The van der Waals surface area contributed by atoms with E-state index in [1.165, 1.54) is 11.1 Å². The van der Waals surface area contributed by atoms with Gasteiger partial charge in [0.25, 0.3) is 0 Å². The van der Waals surface area contributed by atoms with Crippen LogP contribution in [0.2, 0.25) is 0 Å². The first kappa shape index (κ1) is 21.3. The Morgan fingerprint density at radius 1 is 0.897 bits per heavy atom. The molecule has 1 atom stereocenters. The zero-order valence-electron chi connectivity index (χ0n) is 18.3. The molecule has 1 unspecified atom stereocenters. The number of nitrogens with zero attached hydrogens (tertiary/aromatic N) is 1. The van der Waals surface area contributed by atoms with Gasteiger partial charge in [-0.05, 0) is 68.4 Å². The minimum Gasteiger partial charge on any atom is -0.496 e. The summed E-state index contributed by atoms with van der Waals surface area (Å²) in [6.07, 6.45) is 0.936. The van der Waals surface area contributed by atoms with Crippen molar-refractivity contribution >= 4 is 0 Å². The number of fused-ring (bicyclic) bond motifs is 1. The topological polar surface area (TPSA) is 52.2 Å². The molecule has 1 aliphatic heterocycles. The third-order valence-electron chi connectivity index (χ3n) is 5.33. The van der Waals surface area contributed by atoms with E-state index in [4.69, 9.17) is 18.9 Å². The summed E-state index contributed by atoms with van der Waals surface area (Å²) in [6, 6.07) is 8.29. The zero-order valence-corrected chi connectivity index (χ0v) is 18.3. The van der Waals surface area contributed by atoms with Crippen LogP contribution in [0.1, 0.15) is 28.3 Å². The first-order valence-electron chi connectivity index (χ1n) is 9.92. The van der Waals surface area contributed by atoms with Crippen molar-refractivity contribution in [2.45, 2.75) is 19.4 Å². The van der Waals surface area contributed by atoms with Gasteiger partial charge < -0.3 is 29.2 Å². The fraction of sp³-hybridized carbons (Fsp3) is 0.478. The number of rotatable bonds is 8. The molecule has 0 saturated carbocycles. The molecule has 1 N–H and O–H groups in total. The van der Waals surface area contributed by atoms with Crippen LogP contribution in [-0.2, 0) is 6.42 Å². The summed E-state index contributed by atoms with van der Waals surface area (Å²) in [4.78, 5) is 2.10. The normalized spacial score (nSPS) is 15.8. The number of ether oxygens (including phenoxy) is 4. The standard InChI is InChI=1S/C23H32N2O4/c1-15-11-20(27-5)18(14-19(15)26-4)23-17-13-22(29-10-9-25(2)3)21(28-6)12-16(17)7-8-24-23/h11-14,23-24H,7-10H2,1-6H3. The second-order valence-corrected chi connectivity index (χ2v) is 7.55. The van der Waals surface area contributed by atoms with Crippen molar-refractivity contribution in [3.05, 3.63) is 46.5 Å². The predicted octanol–water partition coefficient (Wildman–Crippen LogP) is 3.20. The molecule has 6 heteroatoms. The van der Waals surface area contributed by atoms with E-state index in [1.54, 1.807) is 21.3 Å². The van der Waals surface area contributed by atoms with E-state index in [0.29, 0.717) is 6.61 Å². The van der Waals surface area contributed by atoms with Crippen molar-refractivity contribution in [3.63, 3.8) is 0 Å². The zero-order chi connectivity index (χ0) is 21.0. The van der Waals surface area contributed by atoms with Gasteiger partial charge in [0.2, 0.25) is 0 Å². The Morgan fingerprint density at radius 2 is 1.59 bits per heavy atom. The van der Waals surface area contributed by atoms with E-state index >= 15 is 0 Å². The molecule has 0 bridgehead atoms. The predicted molar refractivity (Wildman–Crippen MR) is 115 cm³/mol. The molecule has 158 valence electrons. The Morgan fingerprint density at radius 3 is 2.24 bits per heavy atom. The van der Waals surface area contributed by atoms with Crippen molar-refractivity contribution in [2.24, 2.45) is 0 Å². The lowest BCUT2D eigenvalue weighted by molar-refractivity contribution is 0.250. The highest BCUT2D eigenvalue weighted by atomic mass is 16.5. The summed E-state index contributed by atoms with van der Waals surface area (Å²) in [5.74, 6) is 3.24. The highest BCUT2D eigenvalue weighted by Crippen LogP contribution is 2.41. The summed E-state index contributed by atoms with van der Waals surface area (Å²) in [5.41, 5.74) is 4.54. The molecule has 0 radical (unpaired) electrons. The van der Waals surface area contributed by atoms with Crippen LogP contribution >= 0.6 is 0 Å². The number of nitrogens with one attached hydrogen (secondary N) is 1. The Bertz CT molecular complexity index is 851. The molecular weight excluding hydrogens is 368 g/mol. The van der Waals surface area contributed by atoms with Gasteiger partial charge in [0.05, 0.1) is 27.4 Å². The molecule has 0 fully saturated rings. The number of hydrogen-bond acceptors (Lipinski definition) is 6. The monoisotopic (exact) mass is 400 g/mol. The van der Waals surface area contributed by atoms with Gasteiger partial charge in [-0.15, -0.1) is 0 Å². The second kappa shape index (κ2) is 9.37. The van der Waals surface area contributed by atoms with Crippen LogP contribution in [-0.4, -0.2) is 60.0 Å². The SMILES string of the molecule is COc1cc(C2NCCc3cc(OC)c(OCCN(C)C)cc32)c(OC)cc1C. The fourth-order valence-corrected chi connectivity index (χ4v) is 3.75. The lowest BCUT2D eigenvalue weighted by atomic mass is 9.88. The van der Waals surface area contributed by atoms with Crippen LogP contribution < -0.4 is 24.3 Å². The third kappa shape index (κ3) is 4.60. The molecule has 0 spiro atoms. The van der Waals surface area contributed by atoms with Crippen LogP contribution in [0.4, 0.5) is 0 Å². The summed E-state index contributed by atoms with van der Waals surface area (Å²) in [7, 11) is 9.16. The van der Waals surface area contributed by atoms with E-state index < -0.39 is 0 Å². The molecule has 29 heavy (non-hydrogen) atoms. The van der Waals surface area contributed by atoms with Crippen LogP contribution in [0.5, 0.6) is 23.0 Å². The van der Waals surface area contributed by atoms with E-state index in [9.17, 15) is 0 Å². The quantitative estimate of drug-likeness (QED) is 0.735. The number of aryl methyl sites for hydroxylation is 1. The highest BCUT2D eigenvalue weighted by Gasteiger charge is 2.27. The Labute approximate surface area is 173 Å². The maximum absolute atomic E-state index is 6.06. The lowest BCUT2D eigenvalue weighted by Crippen LogP contribution is -2.31. The average Bonchev–Trinajstić information content (AvgIpc) is 2.72. The molecular formula is C23H32N2O4. The molecule has 1 aliphatic rings. The molecule has 1 heterocycles. The minimum absolute atomic E-state index is 0.00898. The maximum Gasteiger partial charge on any atom is 0.161 e. The largest absolute Gasteiger partial charge is 0.496 e. The van der Waals surface area contributed by atoms with E-state index in [2.05, 4.69) is 28.4 Å². The van der Waals surface area contributed by atoms with Crippen LogP contribution in [0.15, 0.2) is 24.3 Å². The molecule has 0 amide bonds. The Hall–Kier alpha value is -2.44. The lowest BCUT2D eigenvalue weighted by Gasteiger charge is -2.30. The van der Waals surface area contributed by atoms with Gasteiger partial charge in [0.1, 0.15) is 18.1 Å². The van der Waals surface area contributed by atoms with Crippen molar-refractivity contribution in [1.29, 1.82) is 0 Å². The highest BCUT2D eigenvalue weighted by molar-refractivity contribution is 5.55. The average molecular weight is 401 g/mol. The maximum atomic E-state index is 6.06. The van der Waals surface area contributed by atoms with Crippen molar-refractivity contribution in [2.75, 3.05) is 55.1 Å². The molecule has 6 nitrogen and oxygen atoms in total. The van der Waals surface area contributed by atoms with E-state index in [-0.39, 0.29) is 6.04 Å². The smallest absolute Gasteiger partial charge is 0.161 e. The van der Waals surface area contributed by atoms with Crippen LogP contribution in [0.3, 0.4) is 0 Å². The minimum atomic E-state index is -0.00898. The Kier molecular flexibility index (Phi) is 6.87. The molecule has 0 saturated heterocycles. The van der Waals surface area contributed by atoms with Crippen LogP contribution in [0, 0.1) is 6.92 Å². The summed E-state index contributed by atoms with van der Waals surface area (Å²) < 4.78 is 22.9. The number of methoxy groups -OCH3 is 3. The molecule has 3 rings (SSSR count). The van der Waals surface area contributed by atoms with E-state index in [0.717, 1.165) is 53.6 Å². The van der Waals surface area contributed by atoms with E-state index in [1.807, 2.05) is 27.1 Å². The first-order chi connectivity index (χ1) is 14.0. The Balaban J connectivity index is 2.03. The fourth-order valence-electron chi connectivity index (χ4n) is 3.75. The molecule has 2 aromatic carbocycles. The van der Waals surface area contributed by atoms with Gasteiger partial charge in [0.15, 0.2) is 11.5 Å². The van der Waals surface area contributed by atoms with Gasteiger partial charge in [-0.1, -0.05) is 0 Å². The first-order valence-corrected chi connectivity index (χ1v) is 9.92. The molecule has 0 aromatic heterocycles. The van der Waals surface area contributed by atoms with Gasteiger partial charge in [-0.25, -0.2) is 0 Å². The van der Waals surface area contributed by atoms with Gasteiger partial charge in [0, 0.05) is 18.7 Å². The van der Waals surface area contributed by atoms with Crippen molar-refractivity contribution in [1.82, 2.24) is 10.2 Å². The number of hydrogen-bond donors (Lipinski definition) is 1. The van der Waals surface area contributed by atoms with Crippen LogP contribution in [0.25, 0.3) is 0 Å². The molecule has 0 aliphatic carbocycles. The molecule has 2 aromatic rings. The summed E-state index contributed by atoms with van der Waals surface area (Å²) in [5, 5.41) is 3.64. The second-order valence-electron chi connectivity index (χ2n) is 7.55. The summed E-state index contributed by atoms with van der Waals surface area (Å²) >= 11 is 0. The van der Waals surface area contributed by atoms with Gasteiger partial charge in [-0.2, -0.15) is 0 Å². The number of likely N-dealkylation sites (N-methyl/N-ethyl adjacent to an activating group) is 1. The third-order valence-corrected chi connectivity index (χ3v) is 5.33. The van der Waals surface area contributed by atoms with Crippen molar-refractivity contribution < 1.29 is 18.9 Å². The van der Waals surface area contributed by atoms with Gasteiger partial charge >= 0.3 is 0 Å². The summed E-state index contributed by atoms with van der Waals surface area (Å²) in [6.45, 7) is 4.34.